The van der Waals surface area contributed by atoms with Crippen molar-refractivity contribution < 1.29 is 14.1 Å². The second-order valence-corrected chi connectivity index (χ2v) is 4.11. The zero-order chi connectivity index (χ0) is 12.5. The molecule has 1 amide bonds. The third-order valence-corrected chi connectivity index (χ3v) is 2.81. The van der Waals surface area contributed by atoms with Crippen LogP contribution >= 0.6 is 0 Å². The normalized spacial score (nSPS) is 13.9. The first-order valence-corrected chi connectivity index (χ1v) is 5.73. The van der Waals surface area contributed by atoms with Gasteiger partial charge in [-0.3, -0.25) is 9.69 Å². The van der Waals surface area contributed by atoms with E-state index in [9.17, 15) is 4.79 Å². The molecule has 2 aromatic rings. The number of hydrogen-bond donors (Lipinski definition) is 0. The number of aromatic nitrogens is 1. The van der Waals surface area contributed by atoms with Gasteiger partial charge in [-0.15, -0.1) is 0 Å². The number of nitrogens with zero attached hydrogens (tertiary/aromatic N) is 2. The van der Waals surface area contributed by atoms with Gasteiger partial charge in [0.2, 0.25) is 5.76 Å². The zero-order valence-electron chi connectivity index (χ0n) is 9.92. The van der Waals surface area contributed by atoms with E-state index in [4.69, 9.17) is 9.26 Å². The van der Waals surface area contributed by atoms with E-state index in [1.165, 1.54) is 0 Å². The van der Waals surface area contributed by atoms with Crippen molar-refractivity contribution in [3.63, 3.8) is 0 Å². The second-order valence-electron chi connectivity index (χ2n) is 4.11. The van der Waals surface area contributed by atoms with Gasteiger partial charge >= 0.3 is 0 Å². The molecule has 0 fully saturated rings. The first-order valence-electron chi connectivity index (χ1n) is 5.73. The van der Waals surface area contributed by atoms with Crippen molar-refractivity contribution in [1.29, 1.82) is 0 Å². The van der Waals surface area contributed by atoms with E-state index in [0.29, 0.717) is 24.6 Å². The molecule has 3 rings (SSSR count). The fourth-order valence-corrected chi connectivity index (χ4v) is 1.98. The Bertz CT molecular complexity index is 591. The number of hydrogen-bond acceptors (Lipinski definition) is 4. The summed E-state index contributed by atoms with van der Waals surface area (Å²) in [5.41, 5.74) is 1.46. The summed E-state index contributed by atoms with van der Waals surface area (Å²) in [5, 5.41) is 3.73. The molecule has 0 unspecified atom stereocenters. The van der Waals surface area contributed by atoms with Crippen LogP contribution in [0, 0.1) is 6.92 Å². The Labute approximate surface area is 104 Å². The van der Waals surface area contributed by atoms with Crippen molar-refractivity contribution in [1.82, 2.24) is 5.16 Å². The molecule has 0 saturated heterocycles. The van der Waals surface area contributed by atoms with Crippen molar-refractivity contribution in [2.75, 3.05) is 18.1 Å². The fraction of sp³-hybridized carbons (Fsp3) is 0.231. The molecule has 0 aliphatic carbocycles. The zero-order valence-corrected chi connectivity index (χ0v) is 9.92. The number of aryl methyl sites for hydroxylation is 1. The molecule has 5 heteroatoms. The molecule has 0 spiro atoms. The number of anilines is 1. The van der Waals surface area contributed by atoms with Gasteiger partial charge in [-0.05, 0) is 19.1 Å². The van der Waals surface area contributed by atoms with Crippen LogP contribution in [-0.2, 0) is 0 Å². The van der Waals surface area contributed by atoms with Gasteiger partial charge in [0.25, 0.3) is 5.91 Å². The van der Waals surface area contributed by atoms with Crippen molar-refractivity contribution in [2.24, 2.45) is 0 Å². The third kappa shape index (κ3) is 1.73. The van der Waals surface area contributed by atoms with E-state index in [1.54, 1.807) is 17.9 Å². The van der Waals surface area contributed by atoms with Crippen molar-refractivity contribution in [3.8, 4) is 5.75 Å². The molecule has 1 aromatic heterocycles. The number of ether oxygens (including phenoxy) is 1. The fourth-order valence-electron chi connectivity index (χ4n) is 1.98. The lowest BCUT2D eigenvalue weighted by Crippen LogP contribution is -2.37. The standard InChI is InChI=1S/C13H12N2O3/c1-9-8-12(18-14-9)13(16)15-6-7-17-11-5-3-2-4-10(11)15/h2-5,8H,6-7H2,1H3. The average molecular weight is 244 g/mol. The number of benzene rings is 1. The first-order chi connectivity index (χ1) is 8.75. The summed E-state index contributed by atoms with van der Waals surface area (Å²) in [5.74, 6) is 0.781. The summed E-state index contributed by atoms with van der Waals surface area (Å²) < 4.78 is 10.5. The van der Waals surface area contributed by atoms with Gasteiger partial charge in [-0.25, -0.2) is 0 Å². The maximum Gasteiger partial charge on any atom is 0.297 e. The molecule has 0 N–H and O–H groups in total. The van der Waals surface area contributed by atoms with Gasteiger partial charge < -0.3 is 9.26 Å². The van der Waals surface area contributed by atoms with Crippen LogP contribution in [0.3, 0.4) is 0 Å². The highest BCUT2D eigenvalue weighted by atomic mass is 16.5. The predicted molar refractivity (Wildman–Crippen MR) is 64.9 cm³/mol. The van der Waals surface area contributed by atoms with E-state index < -0.39 is 0 Å². The predicted octanol–water partition coefficient (Wildman–Crippen LogP) is 2.02. The van der Waals surface area contributed by atoms with E-state index in [0.717, 1.165) is 5.69 Å². The minimum Gasteiger partial charge on any atom is -0.490 e. The van der Waals surface area contributed by atoms with E-state index in [-0.39, 0.29) is 11.7 Å². The lowest BCUT2D eigenvalue weighted by Gasteiger charge is -2.28. The van der Waals surface area contributed by atoms with Gasteiger partial charge in [0, 0.05) is 6.07 Å². The Morgan fingerprint density at radius 2 is 2.22 bits per heavy atom. The Morgan fingerprint density at radius 3 is 3.00 bits per heavy atom. The van der Waals surface area contributed by atoms with Gasteiger partial charge in [0.1, 0.15) is 12.4 Å². The van der Waals surface area contributed by atoms with E-state index in [1.807, 2.05) is 24.3 Å². The van der Waals surface area contributed by atoms with E-state index >= 15 is 0 Å². The molecule has 92 valence electrons. The smallest absolute Gasteiger partial charge is 0.297 e. The minimum atomic E-state index is -0.189. The number of fused-ring (bicyclic) bond motifs is 1. The van der Waals surface area contributed by atoms with Crippen LogP contribution in [-0.4, -0.2) is 24.2 Å². The summed E-state index contributed by atoms with van der Waals surface area (Å²) in [4.78, 5) is 14.0. The molecule has 0 radical (unpaired) electrons. The maximum absolute atomic E-state index is 12.3. The highest BCUT2D eigenvalue weighted by Gasteiger charge is 2.26. The van der Waals surface area contributed by atoms with Gasteiger partial charge in [-0.1, -0.05) is 17.3 Å². The van der Waals surface area contributed by atoms with Gasteiger partial charge in [0.15, 0.2) is 0 Å². The summed E-state index contributed by atoms with van der Waals surface area (Å²) in [6, 6.07) is 9.10. The Hall–Kier alpha value is -2.30. The van der Waals surface area contributed by atoms with Crippen LogP contribution in [0.4, 0.5) is 5.69 Å². The molecule has 5 nitrogen and oxygen atoms in total. The number of para-hydroxylation sites is 2. The highest BCUT2D eigenvalue weighted by molar-refractivity contribution is 6.05. The monoisotopic (exact) mass is 244 g/mol. The SMILES string of the molecule is Cc1cc(C(=O)N2CCOc3ccccc32)on1. The molecular weight excluding hydrogens is 232 g/mol. The molecule has 0 atom stereocenters. The number of carbonyl (C=O) groups is 1. The Kier molecular flexibility index (Phi) is 2.51. The number of rotatable bonds is 1. The molecule has 18 heavy (non-hydrogen) atoms. The molecule has 1 aliphatic rings. The number of carbonyl (C=O) groups excluding carboxylic acids is 1. The average Bonchev–Trinajstić information content (AvgIpc) is 2.84. The summed E-state index contributed by atoms with van der Waals surface area (Å²) in [6.07, 6.45) is 0. The summed E-state index contributed by atoms with van der Waals surface area (Å²) >= 11 is 0. The Morgan fingerprint density at radius 1 is 1.39 bits per heavy atom. The molecule has 1 aromatic carbocycles. The lowest BCUT2D eigenvalue weighted by atomic mass is 10.2. The van der Waals surface area contributed by atoms with Crippen LogP contribution in [0.5, 0.6) is 5.75 Å². The van der Waals surface area contributed by atoms with Crippen molar-refractivity contribution >= 4 is 11.6 Å². The van der Waals surface area contributed by atoms with Gasteiger partial charge in [0.05, 0.1) is 17.9 Å². The van der Waals surface area contributed by atoms with Crippen LogP contribution in [0.1, 0.15) is 16.2 Å². The molecule has 1 aliphatic heterocycles. The lowest BCUT2D eigenvalue weighted by molar-refractivity contribution is 0.0941. The third-order valence-electron chi connectivity index (χ3n) is 2.81. The highest BCUT2D eigenvalue weighted by Crippen LogP contribution is 2.31. The van der Waals surface area contributed by atoms with Crippen LogP contribution in [0.15, 0.2) is 34.9 Å². The summed E-state index contributed by atoms with van der Waals surface area (Å²) in [6.45, 7) is 2.78. The number of amides is 1. The summed E-state index contributed by atoms with van der Waals surface area (Å²) in [7, 11) is 0. The largest absolute Gasteiger partial charge is 0.490 e. The van der Waals surface area contributed by atoms with Crippen LogP contribution < -0.4 is 9.64 Å². The second kappa shape index (κ2) is 4.18. The molecule has 0 bridgehead atoms. The van der Waals surface area contributed by atoms with Crippen LogP contribution in [0.2, 0.25) is 0 Å². The van der Waals surface area contributed by atoms with Crippen molar-refractivity contribution in [3.05, 3.63) is 41.8 Å². The van der Waals surface area contributed by atoms with E-state index in [2.05, 4.69) is 5.16 Å². The molecule has 0 saturated carbocycles. The van der Waals surface area contributed by atoms with Crippen LogP contribution in [0.25, 0.3) is 0 Å². The minimum absolute atomic E-state index is 0.189. The quantitative estimate of drug-likeness (QED) is 0.770. The van der Waals surface area contributed by atoms with Gasteiger partial charge in [-0.2, -0.15) is 0 Å². The topological polar surface area (TPSA) is 55.6 Å². The molecular formula is C13H12N2O3. The Balaban J connectivity index is 1.96. The molecule has 2 heterocycles. The first kappa shape index (κ1) is 10.8. The maximum atomic E-state index is 12.3. The van der Waals surface area contributed by atoms with Crippen molar-refractivity contribution in [2.45, 2.75) is 6.92 Å².